The number of carboxylic acid groups (broad SMARTS) is 1. The van der Waals surface area contributed by atoms with E-state index >= 15 is 0 Å². The predicted molar refractivity (Wildman–Crippen MR) is 100 cm³/mol. The van der Waals surface area contributed by atoms with Gasteiger partial charge in [-0.05, 0) is 63.1 Å². The van der Waals surface area contributed by atoms with E-state index in [-0.39, 0.29) is 24.1 Å². The van der Waals surface area contributed by atoms with Crippen LogP contribution in [0.4, 0.5) is 8.78 Å². The zero-order chi connectivity index (χ0) is 20.3. The molecule has 0 aliphatic heterocycles. The Labute approximate surface area is 162 Å². The smallest absolute Gasteiger partial charge is 0.317 e. The second kappa shape index (κ2) is 8.63. The van der Waals surface area contributed by atoms with E-state index in [0.717, 1.165) is 19.3 Å². The molecule has 1 atom stereocenters. The van der Waals surface area contributed by atoms with Gasteiger partial charge in [0.2, 0.25) is 0 Å². The standard InChI is InChI=1S/C21H24F2N2O3/c1-12(5-3-8-19(26)27)20-16(22)10-14(11-17(20)23)18-9-13(2)24-21(25-18)28-15-6-4-7-15/h9-12,15H,3-8H2,1-2H3,(H,26,27). The van der Waals surface area contributed by atoms with E-state index in [1.54, 1.807) is 19.9 Å². The molecule has 5 nitrogen and oxygen atoms in total. The summed E-state index contributed by atoms with van der Waals surface area (Å²) in [7, 11) is 0. The van der Waals surface area contributed by atoms with Crippen LogP contribution in [0.25, 0.3) is 11.3 Å². The SMILES string of the molecule is Cc1cc(-c2cc(F)c(C(C)CCCC(=O)O)c(F)c2)nc(OC2CCC2)n1. The van der Waals surface area contributed by atoms with Crippen LogP contribution in [0.2, 0.25) is 0 Å². The number of halogens is 2. The quantitative estimate of drug-likeness (QED) is 0.685. The number of hydrogen-bond donors (Lipinski definition) is 1. The highest BCUT2D eigenvalue weighted by Gasteiger charge is 2.22. The fourth-order valence-electron chi connectivity index (χ4n) is 3.29. The van der Waals surface area contributed by atoms with Gasteiger partial charge in [0.1, 0.15) is 17.7 Å². The third-order valence-electron chi connectivity index (χ3n) is 5.05. The molecule has 1 saturated carbocycles. The lowest BCUT2D eigenvalue weighted by Crippen LogP contribution is -2.25. The normalized spacial score (nSPS) is 15.1. The van der Waals surface area contributed by atoms with Crippen molar-refractivity contribution < 1.29 is 23.4 Å². The van der Waals surface area contributed by atoms with E-state index in [1.165, 1.54) is 12.1 Å². The summed E-state index contributed by atoms with van der Waals surface area (Å²) in [4.78, 5) is 19.2. The Morgan fingerprint density at radius 1 is 1.25 bits per heavy atom. The summed E-state index contributed by atoms with van der Waals surface area (Å²) in [6.45, 7) is 3.48. The summed E-state index contributed by atoms with van der Waals surface area (Å²) in [6.07, 6.45) is 3.89. The lowest BCUT2D eigenvalue weighted by atomic mass is 9.93. The average Bonchev–Trinajstić information content (AvgIpc) is 2.56. The van der Waals surface area contributed by atoms with Crippen LogP contribution in [-0.4, -0.2) is 27.1 Å². The van der Waals surface area contributed by atoms with Crippen LogP contribution < -0.4 is 4.74 Å². The number of benzene rings is 1. The van der Waals surface area contributed by atoms with Crippen molar-refractivity contribution in [1.82, 2.24) is 9.97 Å². The maximum atomic E-state index is 14.7. The highest BCUT2D eigenvalue weighted by molar-refractivity contribution is 5.66. The summed E-state index contributed by atoms with van der Waals surface area (Å²) >= 11 is 0. The number of nitrogens with zero attached hydrogens (tertiary/aromatic N) is 2. The number of carbonyl (C=O) groups is 1. The van der Waals surface area contributed by atoms with Gasteiger partial charge in [-0.25, -0.2) is 13.8 Å². The number of aryl methyl sites for hydroxylation is 1. The van der Waals surface area contributed by atoms with Crippen molar-refractivity contribution in [3.63, 3.8) is 0 Å². The Morgan fingerprint density at radius 2 is 1.93 bits per heavy atom. The second-order valence-electron chi connectivity index (χ2n) is 7.39. The molecule has 1 aromatic heterocycles. The van der Waals surface area contributed by atoms with Gasteiger partial charge in [0, 0.05) is 23.2 Å². The number of aromatic nitrogens is 2. The van der Waals surface area contributed by atoms with Gasteiger partial charge >= 0.3 is 12.0 Å². The molecule has 0 saturated heterocycles. The van der Waals surface area contributed by atoms with E-state index in [4.69, 9.17) is 9.84 Å². The summed E-state index contributed by atoms with van der Waals surface area (Å²) in [5.41, 5.74) is 1.36. The summed E-state index contributed by atoms with van der Waals surface area (Å²) in [5, 5.41) is 8.72. The predicted octanol–water partition coefficient (Wildman–Crippen LogP) is 5.02. The van der Waals surface area contributed by atoms with Crippen molar-refractivity contribution in [2.24, 2.45) is 0 Å². The first-order chi connectivity index (χ1) is 13.3. The van der Waals surface area contributed by atoms with E-state index in [1.807, 2.05) is 0 Å². The van der Waals surface area contributed by atoms with Gasteiger partial charge in [0.15, 0.2) is 0 Å². The summed E-state index contributed by atoms with van der Waals surface area (Å²) < 4.78 is 35.1. The number of ether oxygens (including phenoxy) is 1. The minimum atomic E-state index is -0.914. The maximum absolute atomic E-state index is 14.7. The first kappa shape index (κ1) is 20.2. The van der Waals surface area contributed by atoms with Gasteiger partial charge in [0.05, 0.1) is 5.69 Å². The van der Waals surface area contributed by atoms with Gasteiger partial charge in [-0.1, -0.05) is 6.92 Å². The molecule has 28 heavy (non-hydrogen) atoms. The Morgan fingerprint density at radius 3 is 2.50 bits per heavy atom. The molecule has 1 aliphatic carbocycles. The largest absolute Gasteiger partial charge is 0.481 e. The molecule has 7 heteroatoms. The fraction of sp³-hybridized carbons (Fsp3) is 0.476. The molecule has 0 radical (unpaired) electrons. The van der Waals surface area contributed by atoms with Crippen molar-refractivity contribution in [3.05, 3.63) is 41.1 Å². The Bertz CT molecular complexity index is 846. The molecule has 2 aromatic rings. The lowest BCUT2D eigenvalue weighted by Gasteiger charge is -2.25. The van der Waals surface area contributed by atoms with Gasteiger partial charge < -0.3 is 9.84 Å². The van der Waals surface area contributed by atoms with Gasteiger partial charge in [-0.2, -0.15) is 4.98 Å². The van der Waals surface area contributed by atoms with Crippen LogP contribution >= 0.6 is 0 Å². The average molecular weight is 390 g/mol. The van der Waals surface area contributed by atoms with Gasteiger partial charge in [-0.15, -0.1) is 0 Å². The molecule has 150 valence electrons. The minimum absolute atomic E-state index is 0.0182. The van der Waals surface area contributed by atoms with Crippen LogP contribution in [0.1, 0.15) is 62.6 Å². The van der Waals surface area contributed by atoms with Crippen LogP contribution in [-0.2, 0) is 4.79 Å². The Balaban J connectivity index is 1.82. The molecule has 0 amide bonds. The second-order valence-corrected chi connectivity index (χ2v) is 7.39. The molecular formula is C21H24F2N2O3. The van der Waals surface area contributed by atoms with Crippen LogP contribution in [0, 0.1) is 18.6 Å². The molecule has 1 N–H and O–H groups in total. The zero-order valence-electron chi connectivity index (χ0n) is 16.0. The molecule has 1 heterocycles. The highest BCUT2D eigenvalue weighted by Crippen LogP contribution is 2.31. The fourth-order valence-corrected chi connectivity index (χ4v) is 3.29. The number of carboxylic acids is 1. The molecule has 0 bridgehead atoms. The van der Waals surface area contributed by atoms with Crippen LogP contribution in [0.3, 0.4) is 0 Å². The van der Waals surface area contributed by atoms with E-state index in [0.29, 0.717) is 29.8 Å². The third-order valence-corrected chi connectivity index (χ3v) is 5.05. The summed E-state index contributed by atoms with van der Waals surface area (Å²) in [6, 6.07) is 4.42. The Hall–Kier alpha value is -2.57. The van der Waals surface area contributed by atoms with Crippen molar-refractivity contribution in [1.29, 1.82) is 0 Å². The van der Waals surface area contributed by atoms with Crippen molar-refractivity contribution >= 4 is 5.97 Å². The van der Waals surface area contributed by atoms with Gasteiger partial charge in [0.25, 0.3) is 0 Å². The molecule has 0 spiro atoms. The van der Waals surface area contributed by atoms with E-state index < -0.39 is 23.5 Å². The molecule has 3 rings (SSSR count). The Kier molecular flexibility index (Phi) is 6.21. The minimum Gasteiger partial charge on any atom is -0.481 e. The molecule has 1 aromatic carbocycles. The number of aliphatic carboxylic acids is 1. The molecule has 1 unspecified atom stereocenters. The van der Waals surface area contributed by atoms with E-state index in [2.05, 4.69) is 9.97 Å². The lowest BCUT2D eigenvalue weighted by molar-refractivity contribution is -0.137. The van der Waals surface area contributed by atoms with E-state index in [9.17, 15) is 13.6 Å². The first-order valence-electron chi connectivity index (χ1n) is 9.57. The zero-order valence-corrected chi connectivity index (χ0v) is 16.0. The number of rotatable bonds is 8. The van der Waals surface area contributed by atoms with Crippen molar-refractivity contribution in [3.8, 4) is 17.3 Å². The molecular weight excluding hydrogens is 366 g/mol. The van der Waals surface area contributed by atoms with Crippen LogP contribution in [0.15, 0.2) is 18.2 Å². The highest BCUT2D eigenvalue weighted by atomic mass is 19.1. The first-order valence-corrected chi connectivity index (χ1v) is 9.57. The van der Waals surface area contributed by atoms with Crippen molar-refractivity contribution in [2.45, 2.75) is 64.4 Å². The topological polar surface area (TPSA) is 72.3 Å². The van der Waals surface area contributed by atoms with Crippen molar-refractivity contribution in [2.75, 3.05) is 0 Å². The maximum Gasteiger partial charge on any atom is 0.317 e. The summed E-state index contributed by atoms with van der Waals surface area (Å²) in [5.74, 6) is -2.65. The number of hydrogen-bond acceptors (Lipinski definition) is 4. The third kappa shape index (κ3) is 4.82. The monoisotopic (exact) mass is 390 g/mol. The molecule has 1 fully saturated rings. The van der Waals surface area contributed by atoms with Crippen LogP contribution in [0.5, 0.6) is 6.01 Å². The van der Waals surface area contributed by atoms with Gasteiger partial charge in [-0.3, -0.25) is 4.79 Å². The molecule has 1 aliphatic rings.